The van der Waals surface area contributed by atoms with Crippen LogP contribution in [0.5, 0.6) is 0 Å². The molecule has 136 valence electrons. The molecule has 27 heavy (non-hydrogen) atoms. The van der Waals surface area contributed by atoms with Crippen LogP contribution in [0, 0.1) is 6.92 Å². The predicted octanol–water partition coefficient (Wildman–Crippen LogP) is 3.98. The van der Waals surface area contributed by atoms with E-state index in [4.69, 9.17) is 4.98 Å². The van der Waals surface area contributed by atoms with Crippen LogP contribution in [0.4, 0.5) is 13.2 Å². The Bertz CT molecular complexity index is 1100. The molecule has 0 amide bonds. The second-order valence-corrected chi connectivity index (χ2v) is 8.42. The molecule has 4 rings (SSSR count). The molecule has 0 fully saturated rings. The van der Waals surface area contributed by atoms with Crippen LogP contribution < -0.4 is 9.05 Å². The third-order valence-electron chi connectivity index (χ3n) is 4.16. The first-order chi connectivity index (χ1) is 12.9. The number of aromatic nitrogens is 2. The van der Waals surface area contributed by atoms with Gasteiger partial charge < -0.3 is 0 Å². The van der Waals surface area contributed by atoms with Gasteiger partial charge in [0, 0.05) is 0 Å². The molecule has 0 atom stereocenters. The molecular formula is C21H15F3N2Se. The van der Waals surface area contributed by atoms with E-state index in [2.05, 4.69) is 0 Å². The maximum absolute atomic E-state index is 13.1. The van der Waals surface area contributed by atoms with Gasteiger partial charge in [0.15, 0.2) is 0 Å². The monoisotopic (exact) mass is 432 g/mol. The minimum atomic E-state index is -4.34. The van der Waals surface area contributed by atoms with Crippen molar-refractivity contribution in [2.75, 3.05) is 0 Å². The summed E-state index contributed by atoms with van der Waals surface area (Å²) >= 11 is -0.332. The van der Waals surface area contributed by atoms with Crippen molar-refractivity contribution >= 4 is 29.7 Å². The number of nitrogens with zero attached hydrogens (tertiary/aromatic N) is 2. The summed E-state index contributed by atoms with van der Waals surface area (Å²) in [5.41, 5.74) is 3.05. The van der Waals surface area contributed by atoms with Gasteiger partial charge in [-0.2, -0.15) is 0 Å². The number of alkyl halides is 3. The molecule has 2 aromatic heterocycles. The van der Waals surface area contributed by atoms with Gasteiger partial charge in [-0.25, -0.2) is 0 Å². The Kier molecular flexibility index (Phi) is 4.54. The number of fused-ring (bicyclic) bond motifs is 1. The molecule has 2 aromatic carbocycles. The van der Waals surface area contributed by atoms with Gasteiger partial charge in [-0.05, 0) is 0 Å². The van der Waals surface area contributed by atoms with Gasteiger partial charge in [0.1, 0.15) is 0 Å². The molecule has 0 aliphatic carbocycles. The number of benzene rings is 2. The van der Waals surface area contributed by atoms with Crippen LogP contribution >= 0.6 is 0 Å². The van der Waals surface area contributed by atoms with Gasteiger partial charge >= 0.3 is 161 Å². The zero-order chi connectivity index (χ0) is 19.0. The van der Waals surface area contributed by atoms with Crippen LogP contribution in [0.2, 0.25) is 0 Å². The third kappa shape index (κ3) is 3.64. The Morgan fingerprint density at radius 3 is 2.44 bits per heavy atom. The zero-order valence-electron chi connectivity index (χ0n) is 14.4. The number of pyridine rings is 1. The van der Waals surface area contributed by atoms with Crippen molar-refractivity contribution in [2.45, 2.75) is 13.1 Å². The van der Waals surface area contributed by atoms with Crippen LogP contribution in [0.15, 0.2) is 72.9 Å². The molecular weight excluding hydrogens is 416 g/mol. The van der Waals surface area contributed by atoms with Crippen molar-refractivity contribution in [1.29, 1.82) is 0 Å². The molecule has 0 unspecified atom stereocenters. The number of rotatable bonds is 3. The van der Waals surface area contributed by atoms with Crippen LogP contribution in [-0.2, 0) is 6.18 Å². The number of halogens is 3. The molecule has 0 saturated carbocycles. The standard InChI is InChI=1S/C21H15F3N2Se/c1-14-10-11-26-18(12-14)25-19(15-6-3-2-4-7-15)20(26)27-17-9-5-8-16(13-17)21(22,23)24/h2-13H,1H3. The van der Waals surface area contributed by atoms with Gasteiger partial charge in [0.2, 0.25) is 0 Å². The summed E-state index contributed by atoms with van der Waals surface area (Å²) in [6.45, 7) is 1.99. The van der Waals surface area contributed by atoms with E-state index in [-0.39, 0.29) is 15.0 Å². The normalized spacial score (nSPS) is 11.9. The molecule has 0 aliphatic rings. The molecule has 0 spiro atoms. The Morgan fingerprint density at radius 1 is 0.926 bits per heavy atom. The molecule has 0 N–H and O–H groups in total. The minimum absolute atomic E-state index is 0.332. The number of hydrogen-bond donors (Lipinski definition) is 0. The first-order valence-electron chi connectivity index (χ1n) is 8.31. The van der Waals surface area contributed by atoms with E-state index >= 15 is 0 Å². The molecule has 4 aromatic rings. The summed E-state index contributed by atoms with van der Waals surface area (Å²) in [6, 6.07) is 19.3. The summed E-state index contributed by atoms with van der Waals surface area (Å²) in [4.78, 5) is 4.77. The second kappa shape index (κ2) is 6.87. The van der Waals surface area contributed by atoms with Crippen molar-refractivity contribution in [3.63, 3.8) is 0 Å². The maximum atomic E-state index is 13.1. The fraction of sp³-hybridized carbons (Fsp3) is 0.0952. The van der Waals surface area contributed by atoms with Crippen LogP contribution in [0.3, 0.4) is 0 Å². The van der Waals surface area contributed by atoms with Crippen molar-refractivity contribution < 1.29 is 13.2 Å². The van der Waals surface area contributed by atoms with Crippen molar-refractivity contribution in [3.8, 4) is 11.3 Å². The predicted molar refractivity (Wildman–Crippen MR) is 102 cm³/mol. The fourth-order valence-electron chi connectivity index (χ4n) is 2.85. The first kappa shape index (κ1) is 17.8. The molecule has 0 bridgehead atoms. The quantitative estimate of drug-likeness (QED) is 0.449. The summed E-state index contributed by atoms with van der Waals surface area (Å²) in [6.07, 6.45) is -2.40. The van der Waals surface area contributed by atoms with Gasteiger partial charge in [-0.15, -0.1) is 0 Å². The van der Waals surface area contributed by atoms with Crippen molar-refractivity contribution in [1.82, 2.24) is 9.38 Å². The van der Waals surface area contributed by atoms with E-state index in [0.29, 0.717) is 4.46 Å². The zero-order valence-corrected chi connectivity index (χ0v) is 16.1. The van der Waals surface area contributed by atoms with E-state index in [1.807, 2.05) is 60.0 Å². The van der Waals surface area contributed by atoms with Gasteiger partial charge in [-0.3, -0.25) is 0 Å². The molecule has 2 heterocycles. The number of imidazole rings is 1. The topological polar surface area (TPSA) is 17.3 Å². The molecule has 0 radical (unpaired) electrons. The summed E-state index contributed by atoms with van der Waals surface area (Å²) in [5.74, 6) is 0. The summed E-state index contributed by atoms with van der Waals surface area (Å²) in [7, 11) is 0. The van der Waals surface area contributed by atoms with Crippen LogP contribution in [-0.4, -0.2) is 24.3 Å². The molecule has 0 saturated heterocycles. The third-order valence-corrected chi connectivity index (χ3v) is 6.41. The van der Waals surface area contributed by atoms with Crippen LogP contribution in [0.1, 0.15) is 11.1 Å². The van der Waals surface area contributed by atoms with E-state index in [0.717, 1.165) is 33.1 Å². The first-order valence-corrected chi connectivity index (χ1v) is 10.0. The second-order valence-electron chi connectivity index (χ2n) is 6.19. The average Bonchev–Trinajstić information content (AvgIpc) is 2.99. The van der Waals surface area contributed by atoms with E-state index in [9.17, 15) is 13.2 Å². The van der Waals surface area contributed by atoms with Gasteiger partial charge in [-0.1, -0.05) is 0 Å². The van der Waals surface area contributed by atoms with Gasteiger partial charge in [0.25, 0.3) is 0 Å². The van der Waals surface area contributed by atoms with E-state index < -0.39 is 11.7 Å². The van der Waals surface area contributed by atoms with E-state index in [1.54, 1.807) is 6.07 Å². The Balaban J connectivity index is 1.86. The number of aryl methyl sites for hydroxylation is 1. The van der Waals surface area contributed by atoms with E-state index in [1.165, 1.54) is 12.1 Å². The SMILES string of the molecule is Cc1ccn2c([Se]c3cccc(C(F)(F)F)c3)c(-c3ccccc3)nc2c1. The molecule has 6 heteroatoms. The Hall–Kier alpha value is -2.56. The van der Waals surface area contributed by atoms with Crippen LogP contribution in [0.25, 0.3) is 16.9 Å². The molecule has 2 nitrogen and oxygen atoms in total. The summed E-state index contributed by atoms with van der Waals surface area (Å²) < 4.78 is 42.8. The van der Waals surface area contributed by atoms with Crippen molar-refractivity contribution in [2.24, 2.45) is 0 Å². The fourth-order valence-corrected chi connectivity index (χ4v) is 5.10. The van der Waals surface area contributed by atoms with Gasteiger partial charge in [0.05, 0.1) is 0 Å². The average molecular weight is 431 g/mol. The Morgan fingerprint density at radius 2 is 1.70 bits per heavy atom. The Labute approximate surface area is 160 Å². The molecule has 0 aliphatic heterocycles. The number of hydrogen-bond acceptors (Lipinski definition) is 1. The van der Waals surface area contributed by atoms with Crippen molar-refractivity contribution in [3.05, 3.63) is 84.1 Å². The summed E-state index contributed by atoms with van der Waals surface area (Å²) in [5, 5.41) is 0.